The van der Waals surface area contributed by atoms with Crippen molar-refractivity contribution in [3.8, 4) is 0 Å². The van der Waals surface area contributed by atoms with Gasteiger partial charge in [-0.05, 0) is 19.4 Å². The van der Waals surface area contributed by atoms with Gasteiger partial charge in [-0.1, -0.05) is 0 Å². The van der Waals surface area contributed by atoms with Crippen molar-refractivity contribution < 1.29 is 9.59 Å². The molecule has 98 valence electrons. The standard InChI is InChI=1S/C12H18N4O2/c1-10-3-7-16(14-10)8-4-12(18)15-6-2-5-13-11(17)9-15/h3,7H,2,4-6,8-9H2,1H3,(H,13,17). The molecular formula is C12H18N4O2. The number of hydrogen-bond donors (Lipinski definition) is 1. The molecule has 6 nitrogen and oxygen atoms in total. The van der Waals surface area contributed by atoms with E-state index >= 15 is 0 Å². The van der Waals surface area contributed by atoms with Crippen LogP contribution in [0.2, 0.25) is 0 Å². The third-order valence-corrected chi connectivity index (χ3v) is 2.94. The number of rotatable bonds is 3. The van der Waals surface area contributed by atoms with Gasteiger partial charge >= 0.3 is 0 Å². The first kappa shape index (κ1) is 12.6. The van der Waals surface area contributed by atoms with Gasteiger partial charge in [-0.15, -0.1) is 0 Å². The second-order valence-electron chi connectivity index (χ2n) is 4.49. The molecule has 2 heterocycles. The molecule has 0 bridgehead atoms. The van der Waals surface area contributed by atoms with Crippen LogP contribution in [0.4, 0.5) is 0 Å². The zero-order chi connectivity index (χ0) is 13.0. The molecule has 1 N–H and O–H groups in total. The number of aromatic nitrogens is 2. The lowest BCUT2D eigenvalue weighted by atomic mass is 10.3. The summed E-state index contributed by atoms with van der Waals surface area (Å²) < 4.78 is 1.76. The van der Waals surface area contributed by atoms with Crippen LogP contribution in [-0.4, -0.2) is 46.1 Å². The summed E-state index contributed by atoms with van der Waals surface area (Å²) in [5, 5.41) is 6.98. The molecule has 1 saturated heterocycles. The quantitative estimate of drug-likeness (QED) is 0.816. The summed E-state index contributed by atoms with van der Waals surface area (Å²) >= 11 is 0. The molecular weight excluding hydrogens is 232 g/mol. The van der Waals surface area contributed by atoms with Crippen molar-refractivity contribution in [3.05, 3.63) is 18.0 Å². The van der Waals surface area contributed by atoms with Crippen LogP contribution in [0.25, 0.3) is 0 Å². The summed E-state index contributed by atoms with van der Waals surface area (Å²) in [6.45, 7) is 3.95. The molecule has 1 aromatic heterocycles. The van der Waals surface area contributed by atoms with Gasteiger partial charge in [0.2, 0.25) is 11.8 Å². The van der Waals surface area contributed by atoms with Crippen molar-refractivity contribution in [1.82, 2.24) is 20.0 Å². The lowest BCUT2D eigenvalue weighted by Crippen LogP contribution is -2.37. The first-order valence-electron chi connectivity index (χ1n) is 6.20. The molecule has 0 radical (unpaired) electrons. The molecule has 0 aromatic carbocycles. The van der Waals surface area contributed by atoms with Crippen LogP contribution in [0.15, 0.2) is 12.3 Å². The van der Waals surface area contributed by atoms with Gasteiger partial charge < -0.3 is 10.2 Å². The van der Waals surface area contributed by atoms with Crippen molar-refractivity contribution in [2.24, 2.45) is 0 Å². The van der Waals surface area contributed by atoms with Crippen molar-refractivity contribution in [3.63, 3.8) is 0 Å². The molecule has 6 heteroatoms. The first-order valence-corrected chi connectivity index (χ1v) is 6.20. The summed E-state index contributed by atoms with van der Waals surface area (Å²) in [6.07, 6.45) is 3.06. The third-order valence-electron chi connectivity index (χ3n) is 2.94. The van der Waals surface area contributed by atoms with Gasteiger partial charge in [0.1, 0.15) is 0 Å². The molecule has 0 aliphatic carbocycles. The van der Waals surface area contributed by atoms with Gasteiger partial charge in [-0.25, -0.2) is 0 Å². The van der Waals surface area contributed by atoms with Crippen molar-refractivity contribution in [1.29, 1.82) is 0 Å². The maximum atomic E-state index is 12.0. The Balaban J connectivity index is 1.85. The van der Waals surface area contributed by atoms with E-state index in [2.05, 4.69) is 10.4 Å². The van der Waals surface area contributed by atoms with Crippen LogP contribution >= 0.6 is 0 Å². The molecule has 0 saturated carbocycles. The zero-order valence-electron chi connectivity index (χ0n) is 10.6. The predicted molar refractivity (Wildman–Crippen MR) is 65.8 cm³/mol. The lowest BCUT2D eigenvalue weighted by Gasteiger charge is -2.18. The molecule has 0 unspecified atom stereocenters. The van der Waals surface area contributed by atoms with E-state index < -0.39 is 0 Å². The minimum absolute atomic E-state index is 0.0141. The number of nitrogens with one attached hydrogen (secondary N) is 1. The summed E-state index contributed by atoms with van der Waals surface area (Å²) in [5.74, 6) is -0.0593. The highest BCUT2D eigenvalue weighted by Crippen LogP contribution is 2.02. The Morgan fingerprint density at radius 3 is 3.11 bits per heavy atom. The fourth-order valence-electron chi connectivity index (χ4n) is 1.97. The fraction of sp³-hybridized carbons (Fsp3) is 0.583. The maximum absolute atomic E-state index is 12.0. The van der Waals surface area contributed by atoms with Gasteiger partial charge in [0.25, 0.3) is 0 Å². The molecule has 2 rings (SSSR count). The largest absolute Gasteiger partial charge is 0.354 e. The zero-order valence-corrected chi connectivity index (χ0v) is 10.6. The van der Waals surface area contributed by atoms with Crippen LogP contribution in [0.1, 0.15) is 18.5 Å². The van der Waals surface area contributed by atoms with Crippen LogP contribution in [0.3, 0.4) is 0 Å². The SMILES string of the molecule is Cc1ccn(CCC(=O)N2CCCNC(=O)C2)n1. The second kappa shape index (κ2) is 5.66. The first-order chi connectivity index (χ1) is 8.65. The van der Waals surface area contributed by atoms with Gasteiger partial charge in [-0.3, -0.25) is 14.3 Å². The van der Waals surface area contributed by atoms with Gasteiger partial charge in [0, 0.05) is 32.3 Å². The number of amides is 2. The molecule has 1 aromatic rings. The van der Waals surface area contributed by atoms with E-state index in [-0.39, 0.29) is 18.4 Å². The summed E-state index contributed by atoms with van der Waals surface area (Å²) in [4.78, 5) is 25.0. The third kappa shape index (κ3) is 3.32. The normalized spacial score (nSPS) is 16.3. The predicted octanol–water partition coefficient (Wildman–Crippen LogP) is -0.0699. The molecule has 1 fully saturated rings. The minimum Gasteiger partial charge on any atom is -0.354 e. The average molecular weight is 250 g/mol. The number of nitrogens with zero attached hydrogens (tertiary/aromatic N) is 3. The smallest absolute Gasteiger partial charge is 0.239 e. The number of carbonyl (C=O) groups is 2. The van der Waals surface area contributed by atoms with Gasteiger partial charge in [0.15, 0.2) is 0 Å². The molecule has 0 atom stereocenters. The fourth-order valence-corrected chi connectivity index (χ4v) is 1.97. The number of aryl methyl sites for hydroxylation is 2. The molecule has 2 amide bonds. The topological polar surface area (TPSA) is 67.2 Å². The second-order valence-corrected chi connectivity index (χ2v) is 4.49. The number of hydrogen-bond acceptors (Lipinski definition) is 3. The van der Waals surface area contributed by atoms with Gasteiger partial charge in [-0.2, -0.15) is 5.10 Å². The monoisotopic (exact) mass is 250 g/mol. The van der Waals surface area contributed by atoms with E-state index in [4.69, 9.17) is 0 Å². The minimum atomic E-state index is -0.0733. The van der Waals surface area contributed by atoms with Crippen LogP contribution in [-0.2, 0) is 16.1 Å². The Morgan fingerprint density at radius 2 is 2.39 bits per heavy atom. The van der Waals surface area contributed by atoms with Crippen molar-refractivity contribution in [2.75, 3.05) is 19.6 Å². The van der Waals surface area contributed by atoms with E-state index in [1.54, 1.807) is 9.58 Å². The Hall–Kier alpha value is -1.85. The highest BCUT2D eigenvalue weighted by Gasteiger charge is 2.19. The molecule has 1 aliphatic rings. The molecule has 1 aliphatic heterocycles. The van der Waals surface area contributed by atoms with E-state index in [0.29, 0.717) is 26.1 Å². The molecule has 18 heavy (non-hydrogen) atoms. The summed E-state index contributed by atoms with van der Waals surface area (Å²) in [5.41, 5.74) is 0.941. The van der Waals surface area contributed by atoms with Crippen molar-refractivity contribution >= 4 is 11.8 Å². The van der Waals surface area contributed by atoms with E-state index in [9.17, 15) is 9.59 Å². The Labute approximate surface area is 106 Å². The lowest BCUT2D eigenvalue weighted by molar-refractivity contribution is -0.135. The molecule has 0 spiro atoms. The van der Waals surface area contributed by atoms with E-state index in [1.807, 2.05) is 19.2 Å². The Morgan fingerprint density at radius 1 is 1.56 bits per heavy atom. The number of carbonyl (C=O) groups excluding carboxylic acids is 2. The Bertz CT molecular complexity index is 441. The summed E-state index contributed by atoms with van der Waals surface area (Å²) in [6, 6.07) is 1.91. The highest BCUT2D eigenvalue weighted by atomic mass is 16.2. The Kier molecular flexibility index (Phi) is 3.96. The maximum Gasteiger partial charge on any atom is 0.239 e. The van der Waals surface area contributed by atoms with Crippen LogP contribution < -0.4 is 5.32 Å². The van der Waals surface area contributed by atoms with Crippen LogP contribution in [0.5, 0.6) is 0 Å². The van der Waals surface area contributed by atoms with E-state index in [1.165, 1.54) is 0 Å². The highest BCUT2D eigenvalue weighted by molar-refractivity contribution is 5.85. The van der Waals surface area contributed by atoms with E-state index in [0.717, 1.165) is 12.1 Å². The van der Waals surface area contributed by atoms with Crippen LogP contribution in [0, 0.1) is 6.92 Å². The average Bonchev–Trinajstić information content (AvgIpc) is 2.63. The van der Waals surface area contributed by atoms with Gasteiger partial charge in [0.05, 0.1) is 12.2 Å². The summed E-state index contributed by atoms with van der Waals surface area (Å²) in [7, 11) is 0. The van der Waals surface area contributed by atoms with Crippen molar-refractivity contribution in [2.45, 2.75) is 26.3 Å².